The summed E-state index contributed by atoms with van der Waals surface area (Å²) in [5.74, 6) is 1.82. The zero-order valence-electron chi connectivity index (χ0n) is 42.1. The maximum absolute atomic E-state index is 5.53. The van der Waals surface area contributed by atoms with Crippen molar-refractivity contribution in [2.75, 3.05) is 0 Å². The summed E-state index contributed by atoms with van der Waals surface area (Å²) in [4.78, 5) is 10.8. The molecule has 2 aliphatic carbocycles. The van der Waals surface area contributed by atoms with Gasteiger partial charge in [0.1, 0.15) is 0 Å². The number of rotatable bonds is 7. The minimum Gasteiger partial charge on any atom is -0.310 e. The molecular formula is C70H55BN4. The lowest BCUT2D eigenvalue weighted by Gasteiger charge is -2.35. The molecule has 0 bridgehead atoms. The zero-order chi connectivity index (χ0) is 49.1. The Balaban J connectivity index is 1.05. The lowest BCUT2D eigenvalue weighted by Crippen LogP contribution is -2.59. The van der Waals surface area contributed by atoms with Crippen LogP contribution in [0.3, 0.4) is 0 Å². The Morgan fingerprint density at radius 1 is 0.347 bits per heavy atom. The van der Waals surface area contributed by atoms with E-state index in [0.717, 1.165) is 33.9 Å². The summed E-state index contributed by atoms with van der Waals surface area (Å²) in [6, 6.07) is 75.4. The largest absolute Gasteiger partial charge is 0.310 e. The van der Waals surface area contributed by atoms with Gasteiger partial charge in [0, 0.05) is 60.6 Å². The molecule has 4 nitrogen and oxygen atoms in total. The summed E-state index contributed by atoms with van der Waals surface area (Å²) in [5.41, 5.74) is 25.0. The minimum absolute atomic E-state index is 0.0297. The van der Waals surface area contributed by atoms with E-state index in [-0.39, 0.29) is 6.71 Å². The predicted octanol–water partition coefficient (Wildman–Crippen LogP) is 16.2. The van der Waals surface area contributed by atoms with Crippen molar-refractivity contribution in [2.45, 2.75) is 76.0 Å². The zero-order valence-corrected chi connectivity index (χ0v) is 42.1. The van der Waals surface area contributed by atoms with E-state index >= 15 is 0 Å². The number of benzene rings is 9. The molecule has 0 radical (unpaired) electrons. The van der Waals surface area contributed by atoms with Gasteiger partial charge in [-0.3, -0.25) is 0 Å². The van der Waals surface area contributed by atoms with E-state index in [4.69, 9.17) is 9.97 Å². The first-order chi connectivity index (χ1) is 37.2. The highest BCUT2D eigenvalue weighted by Crippen LogP contribution is 2.46. The number of aromatic nitrogens is 4. The Bertz CT molecular complexity index is 3970. The third-order valence-corrected chi connectivity index (χ3v) is 17.8. The molecule has 0 unspecified atom stereocenters. The highest BCUT2D eigenvalue weighted by atomic mass is 15.0. The second-order valence-electron chi connectivity index (χ2n) is 22.1. The molecule has 5 heterocycles. The van der Waals surface area contributed by atoms with Crippen molar-refractivity contribution >= 4 is 66.7 Å². The molecule has 0 atom stereocenters. The van der Waals surface area contributed by atoms with E-state index in [1.54, 1.807) is 0 Å². The van der Waals surface area contributed by atoms with Crippen molar-refractivity contribution < 1.29 is 0 Å². The minimum atomic E-state index is 0.0297. The van der Waals surface area contributed by atoms with Gasteiger partial charge in [0.2, 0.25) is 0 Å². The third-order valence-electron chi connectivity index (χ3n) is 17.8. The number of fused-ring (bicyclic) bond motifs is 10. The van der Waals surface area contributed by atoms with Gasteiger partial charge in [-0.25, -0.2) is 9.97 Å². The van der Waals surface area contributed by atoms with Gasteiger partial charge >= 0.3 is 0 Å². The average molecular weight is 963 g/mol. The second kappa shape index (κ2) is 17.1. The van der Waals surface area contributed by atoms with Crippen LogP contribution >= 0.6 is 0 Å². The first-order valence-corrected chi connectivity index (χ1v) is 27.7. The predicted molar refractivity (Wildman–Crippen MR) is 314 cm³/mol. The van der Waals surface area contributed by atoms with Crippen LogP contribution in [-0.2, 0) is 0 Å². The van der Waals surface area contributed by atoms with Crippen molar-refractivity contribution in [2.24, 2.45) is 0 Å². The Kier molecular flexibility index (Phi) is 9.87. The summed E-state index contributed by atoms with van der Waals surface area (Å²) < 4.78 is 5.34. The van der Waals surface area contributed by atoms with Crippen LogP contribution in [0.2, 0.25) is 0 Å². The molecule has 5 heteroatoms. The molecule has 2 aliphatic heterocycles. The van der Waals surface area contributed by atoms with E-state index in [1.165, 1.54) is 169 Å². The molecule has 75 heavy (non-hydrogen) atoms. The van der Waals surface area contributed by atoms with Crippen molar-refractivity contribution in [1.29, 1.82) is 0 Å². The van der Waals surface area contributed by atoms with Gasteiger partial charge in [0.25, 0.3) is 6.71 Å². The molecule has 4 aliphatic rings. The van der Waals surface area contributed by atoms with Crippen LogP contribution in [-0.4, -0.2) is 25.8 Å². The van der Waals surface area contributed by atoms with E-state index in [1.807, 2.05) is 0 Å². The van der Waals surface area contributed by atoms with Crippen LogP contribution < -0.4 is 16.4 Å². The number of hydrogen-bond acceptors (Lipinski definition) is 2. The normalized spacial score (nSPS) is 15.3. The van der Waals surface area contributed by atoms with Gasteiger partial charge in [0.05, 0.1) is 22.4 Å². The molecule has 2 fully saturated rings. The quantitative estimate of drug-likeness (QED) is 0.149. The van der Waals surface area contributed by atoms with Gasteiger partial charge < -0.3 is 9.13 Å². The van der Waals surface area contributed by atoms with E-state index in [9.17, 15) is 0 Å². The first-order valence-electron chi connectivity index (χ1n) is 27.7. The monoisotopic (exact) mass is 962 g/mol. The molecule has 0 N–H and O–H groups in total. The lowest BCUT2D eigenvalue weighted by molar-refractivity contribution is 0.444. The average Bonchev–Trinajstić information content (AvgIpc) is 4.04. The number of nitrogens with zero attached hydrogens (tertiary/aromatic N) is 4. The van der Waals surface area contributed by atoms with Crippen LogP contribution in [0.1, 0.15) is 87.2 Å². The smallest absolute Gasteiger partial charge is 0.252 e. The van der Waals surface area contributed by atoms with Gasteiger partial charge in [-0.2, -0.15) is 0 Å². The molecule has 12 aromatic rings. The fraction of sp³-hybridized carbons (Fsp3) is 0.171. The maximum Gasteiger partial charge on any atom is 0.252 e. The highest BCUT2D eigenvalue weighted by Gasteiger charge is 2.42. The fourth-order valence-corrected chi connectivity index (χ4v) is 14.3. The first kappa shape index (κ1) is 43.2. The SMILES string of the molecule is c1ccc(-c2ccc3c(c2)c2cc(C4CCCCC4)cc4c2n3-c2cc(-c3cc(-c5ccccc5)nc(-c5ccccc5)n3)cc3c2B4c2cc(C4CCCCC4)cc4c5cc(-c6ccccc6)ccc5n-3c24)cc1. The van der Waals surface area contributed by atoms with E-state index < -0.39 is 0 Å². The molecule has 9 aromatic carbocycles. The Morgan fingerprint density at radius 2 is 0.773 bits per heavy atom. The van der Waals surface area contributed by atoms with Crippen molar-refractivity contribution in [3.8, 4) is 67.5 Å². The van der Waals surface area contributed by atoms with E-state index in [0.29, 0.717) is 11.8 Å². The van der Waals surface area contributed by atoms with Crippen LogP contribution in [0.15, 0.2) is 200 Å². The summed E-state index contributed by atoms with van der Waals surface area (Å²) in [6.45, 7) is 0.0297. The molecular weight excluding hydrogens is 908 g/mol. The molecule has 0 amide bonds. The van der Waals surface area contributed by atoms with Crippen molar-refractivity contribution in [1.82, 2.24) is 19.1 Å². The second-order valence-corrected chi connectivity index (χ2v) is 22.1. The number of hydrogen-bond donors (Lipinski definition) is 0. The molecule has 2 saturated carbocycles. The van der Waals surface area contributed by atoms with Crippen LogP contribution in [0.4, 0.5) is 0 Å². The summed E-state index contributed by atoms with van der Waals surface area (Å²) in [5, 5.41) is 5.39. The summed E-state index contributed by atoms with van der Waals surface area (Å²) in [7, 11) is 0. The van der Waals surface area contributed by atoms with E-state index in [2.05, 4.69) is 209 Å². The third kappa shape index (κ3) is 6.83. The standard InChI is InChI=1S/C70H55BN4/c1-7-19-44(20-8-1)50-31-33-63-55(35-50)57-37-52(46-23-11-3-12-24-46)39-59-68(57)74(63)65-41-54(62-43-61(48-27-15-5-16-28-48)72-70(73-62)49-29-17-6-18-30-49)42-66-67(65)71(59)60-40-53(47-25-13-4-14-26-47)38-58-56-36-51(45-21-9-2-10-22-45)32-34-64(56)75(66)69(58)60/h1-2,5-10,15-22,27-43,46-47H,3-4,11-14,23-26H2. The van der Waals surface area contributed by atoms with Crippen LogP contribution in [0.25, 0.3) is 111 Å². The maximum atomic E-state index is 5.53. The fourth-order valence-electron chi connectivity index (χ4n) is 14.3. The Labute approximate surface area is 438 Å². The topological polar surface area (TPSA) is 35.6 Å². The highest BCUT2D eigenvalue weighted by molar-refractivity contribution is 7.00. The van der Waals surface area contributed by atoms with Crippen molar-refractivity contribution in [3.05, 3.63) is 211 Å². The summed E-state index contributed by atoms with van der Waals surface area (Å²) in [6.07, 6.45) is 12.9. The van der Waals surface area contributed by atoms with Crippen LogP contribution in [0, 0.1) is 0 Å². The van der Waals surface area contributed by atoms with Gasteiger partial charge in [-0.15, -0.1) is 0 Å². The van der Waals surface area contributed by atoms with Crippen molar-refractivity contribution in [3.63, 3.8) is 0 Å². The molecule has 358 valence electrons. The molecule has 0 saturated heterocycles. The summed E-state index contributed by atoms with van der Waals surface area (Å²) >= 11 is 0. The lowest BCUT2D eigenvalue weighted by atomic mass is 9.34. The van der Waals surface area contributed by atoms with Gasteiger partial charge in [0.15, 0.2) is 5.82 Å². The Hall–Kier alpha value is -8.28. The van der Waals surface area contributed by atoms with Gasteiger partial charge in [-0.05, 0) is 142 Å². The molecule has 3 aromatic heterocycles. The molecule has 16 rings (SSSR count). The Morgan fingerprint density at radius 3 is 1.24 bits per heavy atom. The van der Waals surface area contributed by atoms with Gasteiger partial charge in [-0.1, -0.05) is 184 Å². The van der Waals surface area contributed by atoms with Crippen LogP contribution in [0.5, 0.6) is 0 Å². The molecule has 0 spiro atoms.